The number of rotatable bonds is 10. The minimum Gasteiger partial charge on any atom is -0.392 e. The Morgan fingerprint density at radius 2 is 1.42 bits per heavy atom. The van der Waals surface area contributed by atoms with Gasteiger partial charge in [-0.1, -0.05) is 104 Å². The molecule has 3 fully saturated rings. The molecular weight excluding hydrogens is 630 g/mol. The molecule has 0 aliphatic carbocycles. The molecule has 0 aromatic heterocycles. The third-order valence-corrected chi connectivity index (χ3v) is 10.2. The first-order valence-electron chi connectivity index (χ1n) is 17.7. The molecule has 7 rings (SSSR count). The fourth-order valence-electron chi connectivity index (χ4n) is 7.16. The van der Waals surface area contributed by atoms with Gasteiger partial charge in [-0.15, -0.1) is 0 Å². The van der Waals surface area contributed by atoms with Gasteiger partial charge < -0.3 is 39.6 Å². The maximum atomic E-state index is 12.4. The van der Waals surface area contributed by atoms with Crippen LogP contribution in [0, 0.1) is 5.92 Å². The smallest absolute Gasteiger partial charge is 0.315 e. The molecule has 50 heavy (non-hydrogen) atoms. The highest BCUT2D eigenvalue weighted by molar-refractivity contribution is 5.74. The second kappa shape index (κ2) is 15.9. The number of urea groups is 1. The number of hydrogen-bond acceptors (Lipinski definition) is 7. The predicted octanol–water partition coefficient (Wildman–Crippen LogP) is 6.48. The summed E-state index contributed by atoms with van der Waals surface area (Å²) in [4.78, 5) is 14.9. The van der Waals surface area contributed by atoms with Crippen LogP contribution in [0.5, 0.6) is 0 Å². The fourth-order valence-corrected chi connectivity index (χ4v) is 7.16. The standard InChI is InChI=1S/C41H47N3O6/c1-29-37(27-44-20-18-41(19-21-44)47-22-23-48-41)49-39(50-38(29)34-12-10-31(28-45)11-13-34)35-16-14-33(15-17-35)36-9-5-8-32(24-36)26-43-40(46)42-25-30-6-3-2-4-7-30/h2-17,24,29,37-39,45H,18-23,25-28H2,1H3,(H2,42,43,46)/t29-,37+,38+,39+/m1/s1. The molecule has 3 N–H and O–H groups in total. The van der Waals surface area contributed by atoms with Crippen molar-refractivity contribution >= 4 is 6.03 Å². The van der Waals surface area contributed by atoms with Gasteiger partial charge in [0, 0.05) is 57.0 Å². The average molecular weight is 678 g/mol. The molecule has 0 saturated carbocycles. The van der Waals surface area contributed by atoms with Gasteiger partial charge in [-0.05, 0) is 39.4 Å². The Labute approximate surface area is 294 Å². The number of benzene rings is 4. The Hall–Kier alpha value is -4.09. The summed E-state index contributed by atoms with van der Waals surface area (Å²) >= 11 is 0. The minimum atomic E-state index is -0.532. The molecule has 262 valence electrons. The van der Waals surface area contributed by atoms with E-state index in [0.29, 0.717) is 26.3 Å². The number of nitrogens with one attached hydrogen (secondary N) is 2. The van der Waals surface area contributed by atoms with Crippen molar-refractivity contribution in [2.45, 2.75) is 63.7 Å². The molecule has 0 bridgehead atoms. The van der Waals surface area contributed by atoms with Gasteiger partial charge in [-0.2, -0.15) is 0 Å². The lowest BCUT2D eigenvalue weighted by Gasteiger charge is -2.44. The van der Waals surface area contributed by atoms with Crippen molar-refractivity contribution in [2.24, 2.45) is 5.92 Å². The van der Waals surface area contributed by atoms with E-state index in [4.69, 9.17) is 18.9 Å². The molecule has 0 unspecified atom stereocenters. The van der Waals surface area contributed by atoms with E-state index in [9.17, 15) is 9.90 Å². The number of ether oxygens (including phenoxy) is 4. The number of piperidine rings is 1. The highest BCUT2D eigenvalue weighted by atomic mass is 16.7. The van der Waals surface area contributed by atoms with E-state index in [2.05, 4.69) is 71.0 Å². The van der Waals surface area contributed by atoms with E-state index < -0.39 is 12.1 Å². The number of carbonyl (C=O) groups excluding carboxylic acids is 1. The highest BCUT2D eigenvalue weighted by Gasteiger charge is 2.43. The lowest BCUT2D eigenvalue weighted by Crippen LogP contribution is -2.50. The van der Waals surface area contributed by atoms with Crippen molar-refractivity contribution in [3.05, 3.63) is 131 Å². The van der Waals surface area contributed by atoms with Crippen molar-refractivity contribution in [3.8, 4) is 11.1 Å². The van der Waals surface area contributed by atoms with Crippen LogP contribution in [-0.2, 0) is 38.6 Å². The molecule has 4 aromatic rings. The van der Waals surface area contributed by atoms with Gasteiger partial charge in [-0.3, -0.25) is 0 Å². The summed E-state index contributed by atoms with van der Waals surface area (Å²) in [6.45, 7) is 7.06. The molecule has 9 heteroatoms. The third-order valence-electron chi connectivity index (χ3n) is 10.2. The van der Waals surface area contributed by atoms with Gasteiger partial charge in [0.2, 0.25) is 0 Å². The second-order valence-corrected chi connectivity index (χ2v) is 13.6. The van der Waals surface area contributed by atoms with Crippen LogP contribution in [0.3, 0.4) is 0 Å². The lowest BCUT2D eigenvalue weighted by atomic mass is 9.89. The summed E-state index contributed by atoms with van der Waals surface area (Å²) in [5.41, 5.74) is 7.12. The summed E-state index contributed by atoms with van der Waals surface area (Å²) in [5.74, 6) is -0.301. The van der Waals surface area contributed by atoms with E-state index >= 15 is 0 Å². The van der Waals surface area contributed by atoms with Gasteiger partial charge in [-0.25, -0.2) is 4.79 Å². The Kier molecular flexibility index (Phi) is 10.9. The summed E-state index contributed by atoms with van der Waals surface area (Å²) in [5, 5.41) is 15.5. The molecule has 0 radical (unpaired) electrons. The van der Waals surface area contributed by atoms with Gasteiger partial charge in [0.25, 0.3) is 0 Å². The maximum Gasteiger partial charge on any atom is 0.315 e. The molecule has 4 aromatic carbocycles. The largest absolute Gasteiger partial charge is 0.392 e. The normalized spacial score (nSPS) is 23.5. The van der Waals surface area contributed by atoms with Crippen LogP contribution in [0.4, 0.5) is 4.79 Å². The van der Waals surface area contributed by atoms with Crippen molar-refractivity contribution in [3.63, 3.8) is 0 Å². The van der Waals surface area contributed by atoms with Crippen molar-refractivity contribution < 1.29 is 28.8 Å². The summed E-state index contributed by atoms with van der Waals surface area (Å²) in [6, 6.07) is 34.3. The Bertz CT molecular complexity index is 1680. The van der Waals surface area contributed by atoms with Crippen molar-refractivity contribution in [1.29, 1.82) is 0 Å². The minimum absolute atomic E-state index is 0.00938. The predicted molar refractivity (Wildman–Crippen MR) is 191 cm³/mol. The van der Waals surface area contributed by atoms with E-state index in [1.807, 2.05) is 54.6 Å². The van der Waals surface area contributed by atoms with Crippen LogP contribution in [-0.4, -0.2) is 60.8 Å². The first-order valence-corrected chi connectivity index (χ1v) is 17.7. The van der Waals surface area contributed by atoms with Crippen molar-refractivity contribution in [2.75, 3.05) is 32.8 Å². The summed E-state index contributed by atoms with van der Waals surface area (Å²) in [7, 11) is 0. The second-order valence-electron chi connectivity index (χ2n) is 13.6. The molecule has 3 aliphatic heterocycles. The highest BCUT2D eigenvalue weighted by Crippen LogP contribution is 2.43. The molecule has 3 saturated heterocycles. The van der Waals surface area contributed by atoms with Crippen LogP contribution in [0.25, 0.3) is 11.1 Å². The maximum absolute atomic E-state index is 12.4. The first kappa shape index (κ1) is 34.4. The molecular formula is C41H47N3O6. The van der Waals surface area contributed by atoms with Crippen LogP contribution < -0.4 is 10.6 Å². The van der Waals surface area contributed by atoms with E-state index in [0.717, 1.165) is 71.4 Å². The molecule has 9 nitrogen and oxygen atoms in total. The topological polar surface area (TPSA) is 102 Å². The Balaban J connectivity index is 1.02. The number of aliphatic hydroxyl groups is 1. The van der Waals surface area contributed by atoms with Gasteiger partial charge in [0.1, 0.15) is 0 Å². The SMILES string of the molecule is C[C@@H]1[C@H](CN2CCC3(CC2)OCCO3)O[C@H](c2ccc(-c3cccc(CNC(=O)NCc4ccccc4)c3)cc2)O[C@@H]1c1ccc(CO)cc1. The summed E-state index contributed by atoms with van der Waals surface area (Å²) < 4.78 is 25.4. The summed E-state index contributed by atoms with van der Waals surface area (Å²) in [6.07, 6.45) is 0.971. The number of likely N-dealkylation sites (tertiary alicyclic amines) is 1. The number of carbonyl (C=O) groups is 1. The van der Waals surface area contributed by atoms with Gasteiger partial charge in [0.15, 0.2) is 12.1 Å². The monoisotopic (exact) mass is 677 g/mol. The molecule has 4 atom stereocenters. The van der Waals surface area contributed by atoms with Gasteiger partial charge in [0.05, 0.1) is 32.0 Å². The molecule has 3 heterocycles. The van der Waals surface area contributed by atoms with Crippen LogP contribution >= 0.6 is 0 Å². The number of aliphatic hydroxyl groups excluding tert-OH is 1. The number of hydrogen-bond donors (Lipinski definition) is 3. The molecule has 1 spiro atoms. The van der Waals surface area contributed by atoms with Crippen LogP contribution in [0.15, 0.2) is 103 Å². The lowest BCUT2D eigenvalue weighted by molar-refractivity contribution is -0.278. The van der Waals surface area contributed by atoms with E-state index in [1.54, 1.807) is 0 Å². The quantitative estimate of drug-likeness (QED) is 0.177. The van der Waals surface area contributed by atoms with Crippen LogP contribution in [0.2, 0.25) is 0 Å². The Morgan fingerprint density at radius 3 is 2.12 bits per heavy atom. The third kappa shape index (κ3) is 8.26. The van der Waals surface area contributed by atoms with E-state index in [-0.39, 0.29) is 30.8 Å². The zero-order valence-corrected chi connectivity index (χ0v) is 28.6. The van der Waals surface area contributed by atoms with E-state index in [1.165, 1.54) is 0 Å². The average Bonchev–Trinajstić information content (AvgIpc) is 3.63. The first-order chi connectivity index (χ1) is 24.5. The van der Waals surface area contributed by atoms with Crippen LogP contribution in [0.1, 0.15) is 60.0 Å². The zero-order chi connectivity index (χ0) is 34.3. The van der Waals surface area contributed by atoms with Crippen molar-refractivity contribution in [1.82, 2.24) is 15.5 Å². The number of amides is 2. The fraction of sp³-hybridized carbons (Fsp3) is 0.390. The zero-order valence-electron chi connectivity index (χ0n) is 28.6. The Morgan fingerprint density at radius 1 is 0.760 bits per heavy atom. The van der Waals surface area contributed by atoms with Gasteiger partial charge >= 0.3 is 6.03 Å². The molecule has 2 amide bonds. The number of nitrogens with zero attached hydrogens (tertiary/aromatic N) is 1. The molecule has 3 aliphatic rings.